The molecule has 0 bridgehead atoms. The third-order valence-corrected chi connectivity index (χ3v) is 3.24. The maximum absolute atomic E-state index is 5.98. The van der Waals surface area contributed by atoms with E-state index in [2.05, 4.69) is 9.97 Å². The summed E-state index contributed by atoms with van der Waals surface area (Å²) >= 11 is 5.98. The molecule has 0 aliphatic rings. The molecule has 0 atom stereocenters. The maximum Gasteiger partial charge on any atom is 0.219 e. The lowest BCUT2D eigenvalue weighted by Gasteiger charge is -2.09. The zero-order valence-corrected chi connectivity index (χ0v) is 11.3. The van der Waals surface area contributed by atoms with E-state index in [1.54, 1.807) is 18.3 Å². The molecule has 0 spiro atoms. The molecule has 3 rings (SSSR count). The van der Waals surface area contributed by atoms with Crippen LogP contribution in [0.2, 0.25) is 5.02 Å². The van der Waals surface area contributed by atoms with Crippen LogP contribution in [0.3, 0.4) is 0 Å². The van der Waals surface area contributed by atoms with Gasteiger partial charge in [0.2, 0.25) is 5.88 Å². The number of hydrogen-bond donors (Lipinski definition) is 1. The standard InChI is InChI=1S/C15H12ClN3O/c16-11-6-7-14(19-12(11)9-17)20-13-5-1-3-10-4-2-8-18-15(10)13/h1-8H,9,17H2. The van der Waals surface area contributed by atoms with Gasteiger partial charge in [0.15, 0.2) is 5.75 Å². The summed E-state index contributed by atoms with van der Waals surface area (Å²) in [5.41, 5.74) is 6.99. The monoisotopic (exact) mass is 285 g/mol. The fraction of sp³-hybridized carbons (Fsp3) is 0.0667. The Kier molecular flexibility index (Phi) is 3.50. The van der Waals surface area contributed by atoms with Crippen LogP contribution in [0.25, 0.3) is 10.9 Å². The first-order chi connectivity index (χ1) is 9.78. The topological polar surface area (TPSA) is 61.0 Å². The highest BCUT2D eigenvalue weighted by Crippen LogP contribution is 2.28. The molecule has 1 aromatic carbocycles. The van der Waals surface area contributed by atoms with Crippen LogP contribution in [0.1, 0.15) is 5.69 Å². The molecule has 20 heavy (non-hydrogen) atoms. The highest BCUT2D eigenvalue weighted by atomic mass is 35.5. The van der Waals surface area contributed by atoms with Crippen molar-refractivity contribution in [3.8, 4) is 11.6 Å². The minimum Gasteiger partial charge on any atom is -0.437 e. The summed E-state index contributed by atoms with van der Waals surface area (Å²) in [4.78, 5) is 8.62. The molecule has 2 N–H and O–H groups in total. The van der Waals surface area contributed by atoms with Gasteiger partial charge in [0.05, 0.1) is 10.7 Å². The van der Waals surface area contributed by atoms with Gasteiger partial charge in [-0.15, -0.1) is 0 Å². The van der Waals surface area contributed by atoms with Gasteiger partial charge in [-0.25, -0.2) is 4.98 Å². The van der Waals surface area contributed by atoms with Gasteiger partial charge in [-0.1, -0.05) is 29.8 Å². The van der Waals surface area contributed by atoms with Gasteiger partial charge in [-0.2, -0.15) is 0 Å². The Labute approximate surface area is 121 Å². The zero-order chi connectivity index (χ0) is 13.9. The van der Waals surface area contributed by atoms with Crippen LogP contribution in [-0.4, -0.2) is 9.97 Å². The molecule has 0 fully saturated rings. The lowest BCUT2D eigenvalue weighted by Crippen LogP contribution is -2.01. The molecule has 4 nitrogen and oxygen atoms in total. The quantitative estimate of drug-likeness (QED) is 0.799. The predicted octanol–water partition coefficient (Wildman–Crippen LogP) is 3.53. The van der Waals surface area contributed by atoms with Crippen LogP contribution in [-0.2, 0) is 6.54 Å². The second-order valence-corrected chi connectivity index (χ2v) is 4.62. The maximum atomic E-state index is 5.98. The van der Waals surface area contributed by atoms with E-state index in [-0.39, 0.29) is 6.54 Å². The summed E-state index contributed by atoms with van der Waals surface area (Å²) in [6.45, 7) is 0.268. The van der Waals surface area contributed by atoms with E-state index in [1.807, 2.05) is 30.3 Å². The van der Waals surface area contributed by atoms with Gasteiger partial charge in [0.25, 0.3) is 0 Å². The van der Waals surface area contributed by atoms with Crippen LogP contribution in [0.4, 0.5) is 0 Å². The van der Waals surface area contributed by atoms with Crippen LogP contribution in [0.15, 0.2) is 48.7 Å². The Morgan fingerprint density at radius 2 is 1.95 bits per heavy atom. The van der Waals surface area contributed by atoms with Crippen molar-refractivity contribution < 1.29 is 4.74 Å². The number of ether oxygens (including phenoxy) is 1. The second-order valence-electron chi connectivity index (χ2n) is 4.22. The molecule has 0 unspecified atom stereocenters. The van der Waals surface area contributed by atoms with Crippen molar-refractivity contribution in [1.82, 2.24) is 9.97 Å². The van der Waals surface area contributed by atoms with Crippen molar-refractivity contribution in [3.05, 3.63) is 59.4 Å². The summed E-state index contributed by atoms with van der Waals surface area (Å²) in [6.07, 6.45) is 1.73. The number of benzene rings is 1. The minimum atomic E-state index is 0.268. The fourth-order valence-corrected chi connectivity index (χ4v) is 2.12. The third-order valence-electron chi connectivity index (χ3n) is 2.90. The number of fused-ring (bicyclic) bond motifs is 1. The normalized spacial score (nSPS) is 10.7. The lowest BCUT2D eigenvalue weighted by molar-refractivity contribution is 0.465. The van der Waals surface area contributed by atoms with E-state index >= 15 is 0 Å². The molecule has 0 radical (unpaired) electrons. The van der Waals surface area contributed by atoms with Gasteiger partial charge >= 0.3 is 0 Å². The lowest BCUT2D eigenvalue weighted by atomic mass is 10.2. The van der Waals surface area contributed by atoms with E-state index in [0.717, 1.165) is 10.9 Å². The molecule has 100 valence electrons. The molecule has 2 heterocycles. The van der Waals surface area contributed by atoms with E-state index in [9.17, 15) is 0 Å². The smallest absolute Gasteiger partial charge is 0.219 e. The fourth-order valence-electron chi connectivity index (χ4n) is 1.94. The number of para-hydroxylation sites is 1. The first-order valence-electron chi connectivity index (χ1n) is 6.15. The highest BCUT2D eigenvalue weighted by Gasteiger charge is 2.07. The Bertz CT molecular complexity index is 756. The highest BCUT2D eigenvalue weighted by molar-refractivity contribution is 6.31. The molecule has 0 amide bonds. The van der Waals surface area contributed by atoms with Crippen molar-refractivity contribution in [2.24, 2.45) is 5.73 Å². The Balaban J connectivity index is 2.01. The Hall–Kier alpha value is -2.17. The average Bonchev–Trinajstić information content (AvgIpc) is 2.49. The van der Waals surface area contributed by atoms with Crippen molar-refractivity contribution >= 4 is 22.5 Å². The Morgan fingerprint density at radius 1 is 1.10 bits per heavy atom. The molecule has 0 aliphatic heterocycles. The van der Waals surface area contributed by atoms with E-state index in [0.29, 0.717) is 22.3 Å². The van der Waals surface area contributed by atoms with E-state index in [1.165, 1.54) is 0 Å². The van der Waals surface area contributed by atoms with Crippen molar-refractivity contribution in [3.63, 3.8) is 0 Å². The number of aromatic nitrogens is 2. The first kappa shape index (κ1) is 12.8. The van der Waals surface area contributed by atoms with E-state index < -0.39 is 0 Å². The van der Waals surface area contributed by atoms with Crippen LogP contribution in [0, 0.1) is 0 Å². The van der Waals surface area contributed by atoms with Gasteiger partial charge < -0.3 is 10.5 Å². The molecule has 0 saturated heterocycles. The predicted molar refractivity (Wildman–Crippen MR) is 79.0 cm³/mol. The largest absolute Gasteiger partial charge is 0.437 e. The van der Waals surface area contributed by atoms with Crippen molar-refractivity contribution in [2.75, 3.05) is 0 Å². The van der Waals surface area contributed by atoms with Crippen molar-refractivity contribution in [2.45, 2.75) is 6.54 Å². The van der Waals surface area contributed by atoms with Crippen LogP contribution in [0.5, 0.6) is 11.6 Å². The molecule has 3 aromatic rings. The average molecular weight is 286 g/mol. The molecule has 0 aliphatic carbocycles. The molecule has 0 saturated carbocycles. The van der Waals surface area contributed by atoms with Gasteiger partial charge in [0, 0.05) is 24.2 Å². The first-order valence-corrected chi connectivity index (χ1v) is 6.53. The number of hydrogen-bond acceptors (Lipinski definition) is 4. The summed E-state index contributed by atoms with van der Waals surface area (Å²) in [5.74, 6) is 1.11. The summed E-state index contributed by atoms with van der Waals surface area (Å²) in [6, 6.07) is 13.1. The third kappa shape index (κ3) is 2.43. The van der Waals surface area contributed by atoms with Crippen LogP contribution >= 0.6 is 11.6 Å². The molecule has 2 aromatic heterocycles. The molecule has 5 heteroatoms. The van der Waals surface area contributed by atoms with Gasteiger partial charge in [-0.05, 0) is 18.2 Å². The van der Waals surface area contributed by atoms with E-state index in [4.69, 9.17) is 22.1 Å². The minimum absolute atomic E-state index is 0.268. The zero-order valence-electron chi connectivity index (χ0n) is 10.6. The summed E-state index contributed by atoms with van der Waals surface area (Å²) in [7, 11) is 0. The number of pyridine rings is 2. The van der Waals surface area contributed by atoms with Gasteiger partial charge in [-0.3, -0.25) is 4.98 Å². The number of nitrogens with zero attached hydrogens (tertiary/aromatic N) is 2. The molecular weight excluding hydrogens is 274 g/mol. The van der Waals surface area contributed by atoms with Crippen LogP contribution < -0.4 is 10.5 Å². The Morgan fingerprint density at radius 3 is 2.80 bits per heavy atom. The summed E-state index contributed by atoms with van der Waals surface area (Å²) in [5, 5.41) is 1.55. The second kappa shape index (κ2) is 5.45. The van der Waals surface area contributed by atoms with Gasteiger partial charge in [0.1, 0.15) is 5.52 Å². The van der Waals surface area contributed by atoms with Crippen molar-refractivity contribution in [1.29, 1.82) is 0 Å². The SMILES string of the molecule is NCc1nc(Oc2cccc3cccnc23)ccc1Cl. The number of halogens is 1. The number of nitrogens with two attached hydrogens (primary N) is 1. The summed E-state index contributed by atoms with van der Waals surface area (Å²) < 4.78 is 5.80. The number of rotatable bonds is 3. The molecular formula is C15H12ClN3O.